The minimum absolute atomic E-state index is 0.299. The van der Waals surface area contributed by atoms with Gasteiger partial charge < -0.3 is 10.3 Å². The van der Waals surface area contributed by atoms with Crippen LogP contribution in [0, 0.1) is 0 Å². The Kier molecular flexibility index (Phi) is 4.02. The summed E-state index contributed by atoms with van der Waals surface area (Å²) in [5.41, 5.74) is 6.00. The molecule has 1 aromatic carbocycles. The predicted molar refractivity (Wildman–Crippen MR) is 77.0 cm³/mol. The van der Waals surface area contributed by atoms with Crippen LogP contribution in [0.25, 0.3) is 11.0 Å². The molecular formula is C15H20F3N3. The Morgan fingerprint density at radius 2 is 1.81 bits per heavy atom. The van der Waals surface area contributed by atoms with Gasteiger partial charge in [0.25, 0.3) is 0 Å². The normalized spacial score (nSPS) is 13.1. The molecule has 1 heterocycles. The molecule has 21 heavy (non-hydrogen) atoms. The molecule has 2 rings (SSSR count). The van der Waals surface area contributed by atoms with Crippen LogP contribution in [0.5, 0.6) is 0 Å². The van der Waals surface area contributed by atoms with E-state index in [4.69, 9.17) is 5.73 Å². The molecule has 0 fully saturated rings. The van der Waals surface area contributed by atoms with Gasteiger partial charge in [0.1, 0.15) is 5.82 Å². The van der Waals surface area contributed by atoms with Crippen molar-refractivity contribution in [2.75, 3.05) is 6.54 Å². The summed E-state index contributed by atoms with van der Waals surface area (Å²) < 4.78 is 40.3. The van der Waals surface area contributed by atoms with Crippen LogP contribution in [-0.2, 0) is 18.6 Å². The number of halogens is 3. The van der Waals surface area contributed by atoms with Crippen molar-refractivity contribution in [1.82, 2.24) is 9.55 Å². The summed E-state index contributed by atoms with van der Waals surface area (Å²) in [5.74, 6) is 0.754. The molecule has 116 valence electrons. The molecule has 0 aliphatic rings. The average Bonchev–Trinajstić information content (AvgIpc) is 2.78. The zero-order valence-electron chi connectivity index (χ0n) is 12.5. The van der Waals surface area contributed by atoms with E-state index in [0.717, 1.165) is 30.8 Å². The first-order valence-corrected chi connectivity index (χ1v) is 7.03. The summed E-state index contributed by atoms with van der Waals surface area (Å²) in [6.07, 6.45) is -2.76. The number of hydrogen-bond acceptors (Lipinski definition) is 2. The largest absolute Gasteiger partial charge is 0.416 e. The molecule has 0 saturated heterocycles. The van der Waals surface area contributed by atoms with E-state index in [1.807, 2.05) is 25.5 Å². The van der Waals surface area contributed by atoms with Crippen molar-refractivity contribution < 1.29 is 13.2 Å². The molecule has 2 N–H and O–H groups in total. The zero-order valence-corrected chi connectivity index (χ0v) is 12.5. The second kappa shape index (κ2) is 5.33. The number of nitrogens with two attached hydrogens (primary N) is 1. The first-order chi connectivity index (χ1) is 9.79. The zero-order chi connectivity index (χ0) is 15.8. The Morgan fingerprint density at radius 3 is 2.29 bits per heavy atom. The van der Waals surface area contributed by atoms with Crippen molar-refractivity contribution in [1.29, 1.82) is 0 Å². The van der Waals surface area contributed by atoms with Crippen LogP contribution < -0.4 is 5.73 Å². The van der Waals surface area contributed by atoms with Gasteiger partial charge in [0.05, 0.1) is 16.6 Å². The Morgan fingerprint density at radius 1 is 1.19 bits per heavy atom. The predicted octanol–water partition coefficient (Wildman–Crippen LogP) is 3.61. The van der Waals surface area contributed by atoms with Gasteiger partial charge in [-0.05, 0) is 31.0 Å². The van der Waals surface area contributed by atoms with E-state index in [9.17, 15) is 13.2 Å². The number of aromatic nitrogens is 2. The fraction of sp³-hybridized carbons (Fsp3) is 0.533. The molecule has 0 spiro atoms. The Hall–Kier alpha value is -1.56. The van der Waals surface area contributed by atoms with Crippen molar-refractivity contribution in [3.05, 3.63) is 29.6 Å². The minimum atomic E-state index is -4.35. The van der Waals surface area contributed by atoms with Gasteiger partial charge in [-0.25, -0.2) is 4.98 Å². The smallest absolute Gasteiger partial charge is 0.331 e. The van der Waals surface area contributed by atoms with E-state index in [2.05, 4.69) is 4.98 Å². The average molecular weight is 299 g/mol. The van der Waals surface area contributed by atoms with E-state index in [1.165, 1.54) is 6.07 Å². The molecule has 0 aliphatic carbocycles. The van der Waals surface area contributed by atoms with Crippen LogP contribution in [-0.4, -0.2) is 16.1 Å². The van der Waals surface area contributed by atoms with E-state index in [0.29, 0.717) is 17.6 Å². The second-order valence-electron chi connectivity index (χ2n) is 5.39. The molecule has 0 amide bonds. The van der Waals surface area contributed by atoms with Gasteiger partial charge in [0, 0.05) is 19.0 Å². The maximum atomic E-state index is 12.8. The van der Waals surface area contributed by atoms with Gasteiger partial charge >= 0.3 is 6.18 Å². The highest BCUT2D eigenvalue weighted by molar-refractivity contribution is 5.77. The van der Waals surface area contributed by atoms with Gasteiger partial charge in [-0.3, -0.25) is 0 Å². The summed E-state index contributed by atoms with van der Waals surface area (Å²) in [6, 6.07) is 3.67. The van der Waals surface area contributed by atoms with Crippen molar-refractivity contribution >= 4 is 11.0 Å². The van der Waals surface area contributed by atoms with E-state index >= 15 is 0 Å². The molecule has 0 radical (unpaired) electrons. The molecule has 0 aliphatic heterocycles. The Bertz CT molecular complexity index is 631. The highest BCUT2D eigenvalue weighted by Crippen LogP contribution is 2.35. The van der Waals surface area contributed by atoms with E-state index in [-0.39, 0.29) is 5.41 Å². The topological polar surface area (TPSA) is 43.8 Å². The molecule has 0 unspecified atom stereocenters. The molecular weight excluding hydrogens is 279 g/mol. The summed E-state index contributed by atoms with van der Waals surface area (Å²) in [7, 11) is 1.83. The van der Waals surface area contributed by atoms with Crippen LogP contribution in [0.1, 0.15) is 38.1 Å². The van der Waals surface area contributed by atoms with Gasteiger partial charge in [-0.15, -0.1) is 0 Å². The molecule has 0 atom stereocenters. The van der Waals surface area contributed by atoms with Crippen molar-refractivity contribution in [3.8, 4) is 0 Å². The fourth-order valence-corrected chi connectivity index (χ4v) is 2.80. The van der Waals surface area contributed by atoms with Gasteiger partial charge in [0.2, 0.25) is 0 Å². The third-order valence-corrected chi connectivity index (χ3v) is 4.43. The Balaban J connectivity index is 2.65. The third kappa shape index (κ3) is 2.52. The number of hydrogen-bond donors (Lipinski definition) is 1. The number of alkyl halides is 3. The first kappa shape index (κ1) is 15.8. The molecule has 0 saturated carbocycles. The number of fused-ring (bicyclic) bond motifs is 1. The summed E-state index contributed by atoms with van der Waals surface area (Å²) >= 11 is 0. The lowest BCUT2D eigenvalue weighted by Gasteiger charge is -2.29. The van der Waals surface area contributed by atoms with Gasteiger partial charge in [-0.2, -0.15) is 13.2 Å². The van der Waals surface area contributed by atoms with E-state index in [1.54, 1.807) is 0 Å². The lowest BCUT2D eigenvalue weighted by Crippen LogP contribution is -2.36. The first-order valence-electron chi connectivity index (χ1n) is 7.03. The standard InChI is InChI=1S/C15H20F3N3/c1-4-14(5-2,9-19)13-20-11-8-10(15(16,17)18)6-7-12(11)21(13)3/h6-8H,4-5,9,19H2,1-3H3. The highest BCUT2D eigenvalue weighted by Gasteiger charge is 2.34. The summed E-state index contributed by atoms with van der Waals surface area (Å²) in [4.78, 5) is 4.45. The lowest BCUT2D eigenvalue weighted by atomic mass is 9.81. The summed E-state index contributed by atoms with van der Waals surface area (Å²) in [6.45, 7) is 4.47. The minimum Gasteiger partial charge on any atom is -0.331 e. The molecule has 2 aromatic rings. The number of nitrogens with zero attached hydrogens (tertiary/aromatic N) is 2. The number of benzene rings is 1. The summed E-state index contributed by atoms with van der Waals surface area (Å²) in [5, 5.41) is 0. The van der Waals surface area contributed by atoms with Crippen molar-refractivity contribution in [3.63, 3.8) is 0 Å². The highest BCUT2D eigenvalue weighted by atomic mass is 19.4. The lowest BCUT2D eigenvalue weighted by molar-refractivity contribution is -0.137. The molecule has 6 heteroatoms. The quantitative estimate of drug-likeness (QED) is 0.937. The maximum absolute atomic E-state index is 12.8. The van der Waals surface area contributed by atoms with Gasteiger partial charge in [0.15, 0.2) is 0 Å². The van der Waals surface area contributed by atoms with Crippen LogP contribution >= 0.6 is 0 Å². The van der Waals surface area contributed by atoms with Crippen LogP contribution in [0.4, 0.5) is 13.2 Å². The molecule has 3 nitrogen and oxygen atoms in total. The number of rotatable bonds is 4. The third-order valence-electron chi connectivity index (χ3n) is 4.43. The SMILES string of the molecule is CCC(CC)(CN)c1nc2cc(C(F)(F)F)ccc2n1C. The molecule has 0 bridgehead atoms. The van der Waals surface area contributed by atoms with Crippen LogP contribution in [0.3, 0.4) is 0 Å². The molecule has 1 aromatic heterocycles. The monoisotopic (exact) mass is 299 g/mol. The maximum Gasteiger partial charge on any atom is 0.416 e. The fourth-order valence-electron chi connectivity index (χ4n) is 2.80. The number of aryl methyl sites for hydroxylation is 1. The van der Waals surface area contributed by atoms with E-state index < -0.39 is 11.7 Å². The second-order valence-corrected chi connectivity index (χ2v) is 5.39. The van der Waals surface area contributed by atoms with Gasteiger partial charge in [-0.1, -0.05) is 13.8 Å². The Labute approximate surface area is 122 Å². The van der Waals surface area contributed by atoms with Crippen LogP contribution in [0.2, 0.25) is 0 Å². The van der Waals surface area contributed by atoms with Crippen LogP contribution in [0.15, 0.2) is 18.2 Å². The van der Waals surface area contributed by atoms with Crippen molar-refractivity contribution in [2.45, 2.75) is 38.3 Å². The number of imidazole rings is 1. The van der Waals surface area contributed by atoms with Crippen molar-refractivity contribution in [2.24, 2.45) is 12.8 Å².